The predicted molar refractivity (Wildman–Crippen MR) is 61.8 cm³/mol. The summed E-state index contributed by atoms with van der Waals surface area (Å²) in [4.78, 5) is 4.18. The zero-order valence-electron chi connectivity index (χ0n) is 9.07. The number of halogens is 2. The van der Waals surface area contributed by atoms with Crippen LogP contribution in [0.4, 0.5) is 14.6 Å². The summed E-state index contributed by atoms with van der Waals surface area (Å²) in [6, 6.07) is 9.28. The Kier molecular flexibility index (Phi) is 3.49. The highest BCUT2D eigenvalue weighted by Gasteiger charge is 2.06. The van der Waals surface area contributed by atoms with Crippen molar-refractivity contribution in [2.24, 2.45) is 0 Å². The summed E-state index contributed by atoms with van der Waals surface area (Å²) >= 11 is 0. The monoisotopic (exact) mass is 238 g/mol. The lowest BCUT2D eigenvalue weighted by atomic mass is 10.1. The topological polar surface area (TPSA) is 48.1 Å². The lowest BCUT2D eigenvalue weighted by molar-refractivity contribution is 0.0100. The molecule has 0 aliphatic heterocycles. The van der Waals surface area contributed by atoms with Crippen LogP contribution < -0.4 is 5.73 Å². The highest BCUT2D eigenvalue weighted by Crippen LogP contribution is 2.18. The first-order chi connectivity index (χ1) is 8.16. The Morgan fingerprint density at radius 3 is 2.82 bits per heavy atom. The van der Waals surface area contributed by atoms with E-state index in [1.807, 2.05) is 30.3 Å². The average Bonchev–Trinajstić information content (AvgIpc) is 2.29. The van der Waals surface area contributed by atoms with Crippen LogP contribution in [0.5, 0.6) is 0 Å². The van der Waals surface area contributed by atoms with Gasteiger partial charge in [-0.15, -0.1) is 0 Å². The van der Waals surface area contributed by atoms with Gasteiger partial charge in [0.15, 0.2) is 0 Å². The number of hydrogen-bond donors (Lipinski definition) is 1. The smallest absolute Gasteiger partial charge is 0.261 e. The van der Waals surface area contributed by atoms with Crippen LogP contribution in [0.15, 0.2) is 30.3 Å². The maximum absolute atomic E-state index is 11.9. The van der Waals surface area contributed by atoms with Gasteiger partial charge in [0.25, 0.3) is 6.43 Å². The summed E-state index contributed by atoms with van der Waals surface area (Å²) in [5.41, 5.74) is 7.13. The highest BCUT2D eigenvalue weighted by atomic mass is 19.3. The summed E-state index contributed by atoms with van der Waals surface area (Å²) in [6.07, 6.45) is -2.47. The number of nitrogens with two attached hydrogens (primary N) is 1. The van der Waals surface area contributed by atoms with Crippen LogP contribution in [0.1, 0.15) is 5.56 Å². The predicted octanol–water partition coefficient (Wildman–Crippen LogP) is 2.60. The Labute approximate surface area is 97.2 Å². The van der Waals surface area contributed by atoms with E-state index in [0.717, 1.165) is 10.9 Å². The Balaban J connectivity index is 2.19. The van der Waals surface area contributed by atoms with Gasteiger partial charge in [0.05, 0.1) is 12.1 Å². The van der Waals surface area contributed by atoms with Gasteiger partial charge in [0.1, 0.15) is 12.4 Å². The van der Waals surface area contributed by atoms with Crippen LogP contribution in [0.2, 0.25) is 0 Å². The van der Waals surface area contributed by atoms with Crippen molar-refractivity contribution in [3.05, 3.63) is 35.9 Å². The molecule has 0 atom stereocenters. The minimum Gasteiger partial charge on any atom is -0.383 e. The molecule has 0 spiro atoms. The molecule has 2 aromatic rings. The van der Waals surface area contributed by atoms with Crippen molar-refractivity contribution in [3.8, 4) is 0 Å². The van der Waals surface area contributed by atoms with Gasteiger partial charge in [0.2, 0.25) is 0 Å². The lowest BCUT2D eigenvalue weighted by Gasteiger charge is -2.07. The Morgan fingerprint density at radius 2 is 2.06 bits per heavy atom. The summed E-state index contributed by atoms with van der Waals surface area (Å²) in [6.45, 7) is -0.541. The number of ether oxygens (including phenoxy) is 1. The summed E-state index contributed by atoms with van der Waals surface area (Å²) in [5.74, 6) is 0.318. The molecule has 0 saturated carbocycles. The van der Waals surface area contributed by atoms with Crippen LogP contribution in [0, 0.1) is 0 Å². The van der Waals surface area contributed by atoms with Crippen LogP contribution in [-0.2, 0) is 11.3 Å². The molecule has 1 heterocycles. The number of alkyl halides is 2. The molecule has 0 unspecified atom stereocenters. The normalized spacial score (nSPS) is 11.2. The van der Waals surface area contributed by atoms with E-state index < -0.39 is 13.0 Å². The zero-order chi connectivity index (χ0) is 12.3. The number of rotatable bonds is 4. The second-order valence-corrected chi connectivity index (χ2v) is 3.63. The molecule has 17 heavy (non-hydrogen) atoms. The summed E-state index contributed by atoms with van der Waals surface area (Å²) in [5, 5.41) is 0.914. The first-order valence-corrected chi connectivity index (χ1v) is 5.17. The van der Waals surface area contributed by atoms with Crippen LogP contribution in [0.3, 0.4) is 0 Å². The number of hydrogen-bond acceptors (Lipinski definition) is 3. The Bertz CT molecular complexity index is 517. The fourth-order valence-corrected chi connectivity index (χ4v) is 1.55. The number of para-hydroxylation sites is 1. The largest absolute Gasteiger partial charge is 0.383 e. The van der Waals surface area contributed by atoms with E-state index in [2.05, 4.69) is 4.98 Å². The Hall–Kier alpha value is -1.75. The van der Waals surface area contributed by atoms with Crippen molar-refractivity contribution in [1.29, 1.82) is 0 Å². The fraction of sp³-hybridized carbons (Fsp3) is 0.250. The van der Waals surface area contributed by atoms with E-state index in [1.54, 1.807) is 0 Å². The number of benzene rings is 1. The van der Waals surface area contributed by atoms with Crippen molar-refractivity contribution >= 4 is 16.7 Å². The first-order valence-electron chi connectivity index (χ1n) is 5.17. The summed E-state index contributed by atoms with van der Waals surface area (Å²) in [7, 11) is 0. The van der Waals surface area contributed by atoms with E-state index >= 15 is 0 Å². The van der Waals surface area contributed by atoms with Crippen LogP contribution in [-0.4, -0.2) is 18.0 Å². The SMILES string of the molecule is Nc1nc2ccccc2cc1COCC(F)F. The third kappa shape index (κ3) is 2.88. The summed E-state index contributed by atoms with van der Waals surface area (Å²) < 4.78 is 28.7. The molecular weight excluding hydrogens is 226 g/mol. The maximum atomic E-state index is 11.9. The van der Waals surface area contributed by atoms with Crippen LogP contribution in [0.25, 0.3) is 10.9 Å². The van der Waals surface area contributed by atoms with E-state index in [0.29, 0.717) is 11.4 Å². The second kappa shape index (κ2) is 5.05. The fourth-order valence-electron chi connectivity index (χ4n) is 1.55. The van der Waals surface area contributed by atoms with Gasteiger partial charge >= 0.3 is 0 Å². The molecule has 5 heteroatoms. The number of nitrogen functional groups attached to an aromatic ring is 1. The van der Waals surface area contributed by atoms with Gasteiger partial charge in [-0.25, -0.2) is 13.8 Å². The van der Waals surface area contributed by atoms with E-state index in [1.165, 1.54) is 0 Å². The molecule has 0 fully saturated rings. The van der Waals surface area contributed by atoms with Gasteiger partial charge < -0.3 is 10.5 Å². The van der Waals surface area contributed by atoms with Crippen molar-refractivity contribution in [2.75, 3.05) is 12.3 Å². The van der Waals surface area contributed by atoms with Crippen molar-refractivity contribution in [2.45, 2.75) is 13.0 Å². The van der Waals surface area contributed by atoms with Gasteiger partial charge in [-0.05, 0) is 12.1 Å². The van der Waals surface area contributed by atoms with Gasteiger partial charge in [-0.3, -0.25) is 0 Å². The molecule has 2 rings (SSSR count). The molecule has 3 nitrogen and oxygen atoms in total. The molecule has 90 valence electrons. The minimum atomic E-state index is -2.47. The molecule has 0 bridgehead atoms. The lowest BCUT2D eigenvalue weighted by Crippen LogP contribution is -2.06. The number of pyridine rings is 1. The molecule has 2 N–H and O–H groups in total. The first kappa shape index (κ1) is 11.7. The molecule has 1 aromatic carbocycles. The molecule has 0 radical (unpaired) electrons. The zero-order valence-corrected chi connectivity index (χ0v) is 9.07. The van der Waals surface area contributed by atoms with Gasteiger partial charge in [-0.2, -0.15) is 0 Å². The van der Waals surface area contributed by atoms with E-state index in [4.69, 9.17) is 10.5 Å². The molecule has 1 aromatic heterocycles. The third-order valence-electron chi connectivity index (χ3n) is 2.34. The molecular formula is C12H12F2N2O. The third-order valence-corrected chi connectivity index (χ3v) is 2.34. The second-order valence-electron chi connectivity index (χ2n) is 3.63. The van der Waals surface area contributed by atoms with Gasteiger partial charge in [0, 0.05) is 10.9 Å². The highest BCUT2D eigenvalue weighted by molar-refractivity contribution is 5.81. The van der Waals surface area contributed by atoms with Gasteiger partial charge in [-0.1, -0.05) is 18.2 Å². The van der Waals surface area contributed by atoms with Crippen LogP contribution >= 0.6 is 0 Å². The number of nitrogens with zero attached hydrogens (tertiary/aromatic N) is 1. The minimum absolute atomic E-state index is 0.0496. The van der Waals surface area contributed by atoms with Crippen molar-refractivity contribution in [1.82, 2.24) is 4.98 Å². The van der Waals surface area contributed by atoms with E-state index in [9.17, 15) is 8.78 Å². The number of anilines is 1. The molecule has 0 aliphatic carbocycles. The standard InChI is InChI=1S/C12H12F2N2O/c13-11(14)7-17-6-9-5-8-3-1-2-4-10(8)16-12(9)15/h1-5,11H,6-7H2,(H2,15,16). The van der Waals surface area contributed by atoms with Crippen molar-refractivity contribution < 1.29 is 13.5 Å². The van der Waals surface area contributed by atoms with Crippen molar-refractivity contribution in [3.63, 3.8) is 0 Å². The average molecular weight is 238 g/mol. The molecule has 0 aliphatic rings. The quantitative estimate of drug-likeness (QED) is 0.890. The Morgan fingerprint density at radius 1 is 1.29 bits per heavy atom. The molecule has 0 saturated heterocycles. The van der Waals surface area contributed by atoms with E-state index in [-0.39, 0.29) is 6.61 Å². The number of fused-ring (bicyclic) bond motifs is 1. The molecule has 0 amide bonds. The maximum Gasteiger partial charge on any atom is 0.261 e. The number of aromatic nitrogens is 1.